The maximum atomic E-state index is 9.84. The molecule has 2 atom stereocenters. The van der Waals surface area contributed by atoms with E-state index in [0.717, 1.165) is 153 Å². The molecule has 0 aliphatic carbocycles. The van der Waals surface area contributed by atoms with Crippen LogP contribution in [-0.2, 0) is 29.9 Å². The molecule has 0 saturated heterocycles. The first-order valence-electron chi connectivity index (χ1n) is 39.5. The Labute approximate surface area is 591 Å². The van der Waals surface area contributed by atoms with Crippen LogP contribution in [0.15, 0.2) is 92.8 Å². The molecule has 4 aliphatic rings. The fraction of sp³-hybridized carbons (Fsp3) is 0.643. The van der Waals surface area contributed by atoms with Gasteiger partial charge in [0.2, 0.25) is 0 Å². The highest BCUT2D eigenvalue weighted by Gasteiger charge is 2.61. The summed E-state index contributed by atoms with van der Waals surface area (Å²) in [6.07, 6.45) is 27.6. The second-order valence-electron chi connectivity index (χ2n) is 34.3. The van der Waals surface area contributed by atoms with E-state index < -0.39 is 37.9 Å². The summed E-state index contributed by atoms with van der Waals surface area (Å²) < 4.78 is 25.1. The van der Waals surface area contributed by atoms with Gasteiger partial charge >= 0.3 is 8.88 Å². The highest BCUT2D eigenvalue weighted by Crippen LogP contribution is 2.49. The van der Waals surface area contributed by atoms with Gasteiger partial charge in [0, 0.05) is 43.8 Å². The average molecular weight is 1370 g/mol. The second-order valence-corrected chi connectivity index (χ2v) is 45.7. The van der Waals surface area contributed by atoms with Crippen molar-refractivity contribution in [3.8, 4) is 0 Å². The molecule has 0 radical (unpaired) electrons. The van der Waals surface area contributed by atoms with Crippen LogP contribution in [0.4, 0.5) is 11.6 Å². The first-order chi connectivity index (χ1) is 46.3. The minimum atomic E-state index is -4.57. The van der Waals surface area contributed by atoms with Crippen molar-refractivity contribution >= 4 is 70.4 Å². The van der Waals surface area contributed by atoms with Crippen LogP contribution in [0.3, 0.4) is 0 Å². The summed E-state index contributed by atoms with van der Waals surface area (Å²) in [4.78, 5) is 24.7. The maximum Gasteiger partial charge on any atom is 0.582 e. The number of aliphatic imine (C=N–C) groups is 2. The Morgan fingerprint density at radius 2 is 0.701 bits per heavy atom. The lowest BCUT2D eigenvalue weighted by Crippen LogP contribution is -2.72. The van der Waals surface area contributed by atoms with Gasteiger partial charge in [-0.3, -0.25) is 8.47 Å². The van der Waals surface area contributed by atoms with Gasteiger partial charge < -0.3 is 18.9 Å². The SMILES string of the molecule is CCCCCC[Si](CCCCCC)(CCCCCC)O[Si]1(O[Si](CCCCCC)(CCCCCC)CCCCCC)n2c3c4cc(C(C)(C)C)ccc4c2NC2=NC(/N=c4/c5cc(C(C)(C)C)ccc5/c(n41)=N/C1N=C(N3)c3ccc(C(C)(C)C)cc31)c1ccc(C(C)(C)C)cc12. The molecule has 0 fully saturated rings. The van der Waals surface area contributed by atoms with E-state index in [2.05, 4.69) is 217 Å². The Kier molecular flexibility index (Phi) is 24.3. The van der Waals surface area contributed by atoms with Crippen LogP contribution < -0.4 is 21.6 Å². The molecule has 0 amide bonds. The first kappa shape index (κ1) is 74.8. The van der Waals surface area contributed by atoms with E-state index >= 15 is 0 Å². The maximum absolute atomic E-state index is 9.84. The molecule has 10 nitrogen and oxygen atoms in total. The Bertz CT molecular complexity index is 3750. The van der Waals surface area contributed by atoms with E-state index in [1.165, 1.54) is 138 Å². The lowest BCUT2D eigenvalue weighted by atomic mass is 9.85. The van der Waals surface area contributed by atoms with Crippen molar-refractivity contribution in [2.45, 2.75) is 349 Å². The third-order valence-corrected chi connectivity index (χ3v) is 37.4. The molecule has 4 aromatic carbocycles. The number of nitrogens with one attached hydrogen (secondary N) is 2. The quantitative estimate of drug-likeness (QED) is 0.0310. The lowest BCUT2D eigenvalue weighted by molar-refractivity contribution is 0.317. The monoisotopic (exact) mass is 1370 g/mol. The van der Waals surface area contributed by atoms with Crippen LogP contribution in [0.5, 0.6) is 0 Å². The molecule has 10 rings (SSSR count). The molecule has 2 N–H and O–H groups in total. The predicted molar refractivity (Wildman–Crippen MR) is 424 cm³/mol. The van der Waals surface area contributed by atoms with Gasteiger partial charge in [-0.15, -0.1) is 0 Å². The molecule has 13 heteroatoms. The predicted octanol–water partition coefficient (Wildman–Crippen LogP) is 24.0. The van der Waals surface area contributed by atoms with Gasteiger partial charge in [0.05, 0.1) is 0 Å². The van der Waals surface area contributed by atoms with Crippen LogP contribution in [0, 0.1) is 0 Å². The van der Waals surface area contributed by atoms with E-state index in [1.807, 2.05) is 0 Å². The summed E-state index contributed by atoms with van der Waals surface area (Å²) in [5.41, 5.74) is 10.8. The number of nitrogens with zero attached hydrogens (tertiary/aromatic N) is 6. The number of benzene rings is 4. The summed E-state index contributed by atoms with van der Waals surface area (Å²) in [6, 6.07) is 35.6. The fourth-order valence-electron chi connectivity index (χ4n) is 16.0. The molecular weight excluding hydrogens is 1240 g/mol. The topological polar surface area (TPSA) is 102 Å². The van der Waals surface area contributed by atoms with Gasteiger partial charge in [-0.2, -0.15) is 0 Å². The zero-order valence-corrected chi connectivity index (χ0v) is 67.3. The number of unbranched alkanes of at least 4 members (excludes halogenated alkanes) is 18. The normalized spacial score (nSPS) is 17.5. The summed E-state index contributed by atoms with van der Waals surface area (Å²) in [5, 5.41) is 13.3. The summed E-state index contributed by atoms with van der Waals surface area (Å²) in [5.74, 6) is 3.67. The van der Waals surface area contributed by atoms with Crippen LogP contribution in [0.25, 0.3) is 21.5 Å². The molecule has 2 aromatic heterocycles. The van der Waals surface area contributed by atoms with Crippen molar-refractivity contribution in [1.29, 1.82) is 0 Å². The Morgan fingerprint density at radius 3 is 1.13 bits per heavy atom. The third-order valence-electron chi connectivity index (χ3n) is 22.2. The zero-order valence-electron chi connectivity index (χ0n) is 64.3. The third kappa shape index (κ3) is 16.5. The van der Waals surface area contributed by atoms with Crippen LogP contribution in [-0.4, -0.2) is 45.7 Å². The number of fused-ring (bicyclic) bond motifs is 14. The highest BCUT2D eigenvalue weighted by atomic mass is 28.5. The van der Waals surface area contributed by atoms with Crippen molar-refractivity contribution in [3.05, 3.63) is 128 Å². The van der Waals surface area contributed by atoms with Gasteiger partial charge in [0.25, 0.3) is 0 Å². The molecule has 6 heterocycles. The van der Waals surface area contributed by atoms with Crippen molar-refractivity contribution in [1.82, 2.24) is 8.47 Å². The average Bonchev–Trinajstić information content (AvgIpc) is 1.54. The van der Waals surface area contributed by atoms with Crippen molar-refractivity contribution < 1.29 is 8.23 Å². The molecule has 2 unspecified atom stereocenters. The highest BCUT2D eigenvalue weighted by molar-refractivity contribution is 6.89. The molecule has 530 valence electrons. The van der Waals surface area contributed by atoms with Crippen molar-refractivity contribution in [2.75, 3.05) is 10.6 Å². The largest absolute Gasteiger partial charge is 0.582 e. The minimum Gasteiger partial charge on any atom is -0.404 e. The van der Waals surface area contributed by atoms with Crippen molar-refractivity contribution in [3.63, 3.8) is 0 Å². The van der Waals surface area contributed by atoms with Crippen LogP contribution >= 0.6 is 0 Å². The van der Waals surface area contributed by atoms with Gasteiger partial charge in [-0.05, 0) is 98.4 Å². The summed E-state index contributed by atoms with van der Waals surface area (Å²) in [6.45, 7) is 42.5. The van der Waals surface area contributed by atoms with E-state index in [0.29, 0.717) is 0 Å². The Balaban J connectivity index is 1.51. The van der Waals surface area contributed by atoms with Gasteiger partial charge in [0.1, 0.15) is 34.3 Å². The van der Waals surface area contributed by atoms with Crippen LogP contribution in [0.2, 0.25) is 36.3 Å². The number of rotatable bonds is 34. The summed E-state index contributed by atoms with van der Waals surface area (Å²) >= 11 is 0. The molecule has 4 aliphatic heterocycles. The molecule has 97 heavy (non-hydrogen) atoms. The number of hydrogen-bond acceptors (Lipinski definition) is 8. The molecule has 6 aromatic rings. The smallest absolute Gasteiger partial charge is 0.404 e. The lowest BCUT2D eigenvalue weighted by Gasteiger charge is -2.48. The van der Waals surface area contributed by atoms with Gasteiger partial charge in [0.15, 0.2) is 29.0 Å². The molecule has 6 bridgehead atoms. The van der Waals surface area contributed by atoms with E-state index in [1.54, 1.807) is 0 Å². The second kappa shape index (κ2) is 31.5. The van der Waals surface area contributed by atoms with E-state index in [-0.39, 0.29) is 21.7 Å². The molecule has 0 saturated carbocycles. The Morgan fingerprint density at radius 1 is 0.351 bits per heavy atom. The van der Waals surface area contributed by atoms with Crippen LogP contribution in [0.1, 0.15) is 336 Å². The minimum absolute atomic E-state index is 0.108. The zero-order chi connectivity index (χ0) is 69.6. The fourth-order valence-corrected chi connectivity index (χ4v) is 33.8. The molecular formula is C84H130N8O2Si3. The number of hydrogen-bond donors (Lipinski definition) is 2. The first-order valence-corrected chi connectivity index (χ1v) is 46.2. The summed E-state index contributed by atoms with van der Waals surface area (Å²) in [7, 11) is -10.5. The van der Waals surface area contributed by atoms with E-state index in [9.17, 15) is 8.23 Å². The van der Waals surface area contributed by atoms with Gasteiger partial charge in [-0.25, -0.2) is 20.0 Å². The number of anilines is 2. The molecule has 0 spiro atoms. The van der Waals surface area contributed by atoms with E-state index in [4.69, 9.17) is 20.0 Å². The van der Waals surface area contributed by atoms with Crippen molar-refractivity contribution in [2.24, 2.45) is 20.0 Å². The Hall–Kier alpha value is -4.93. The standard InChI is InChI=1S/C84H130N8O2Si3/c1-19-25-31-37-51-95(52-38-32-26-20-2,53-39-33-27-21-3)93-97(94-96(54-40-34-28-22-4,55-41-35-29-23-5)56-42-36-30-24-6)91-77-67-49-45-63(83(13,14)15)59-71(67)80(91)88-74-66-48-44-62(82(10,11)12)58-70(66)76(86-74)90-78-68-50-46-64(84(16,17)18)60-72(68)79(92(78)97)87-73-65-47-43-61(81(7,8)9)57-69(65)75(85-73)89-77/h43-50,57-60,73,76H,19-42,51-56H2,1-18H3,(H,86,88)(H,85,89)/b87-79-,90-78-. The number of aromatic nitrogens is 2. The number of amidine groups is 2. The van der Waals surface area contributed by atoms with Gasteiger partial charge in [-0.1, -0.05) is 333 Å².